The number of benzene rings is 1. The van der Waals surface area contributed by atoms with Crippen LogP contribution in [0.25, 0.3) is 11.0 Å². The van der Waals surface area contributed by atoms with Gasteiger partial charge in [-0.1, -0.05) is 0 Å². The van der Waals surface area contributed by atoms with Crippen LogP contribution in [0.15, 0.2) is 29.9 Å². The lowest BCUT2D eigenvalue weighted by Gasteiger charge is -2.03. The fourth-order valence-electron chi connectivity index (χ4n) is 1.76. The first kappa shape index (κ1) is 11.0. The average Bonchev–Trinajstić information content (AvgIpc) is 2.88. The Morgan fingerprint density at radius 3 is 3.06 bits per heavy atom. The highest BCUT2D eigenvalue weighted by molar-refractivity contribution is 14.1. The van der Waals surface area contributed by atoms with E-state index in [0.29, 0.717) is 5.95 Å². The number of nitrogen functional groups attached to an aromatic ring is 1. The van der Waals surface area contributed by atoms with Gasteiger partial charge < -0.3 is 10.3 Å². The molecule has 4 nitrogen and oxygen atoms in total. The maximum Gasteiger partial charge on any atom is 0.201 e. The topological polar surface area (TPSA) is 56.7 Å². The number of thiazole rings is 1. The second-order valence-corrected chi connectivity index (χ2v) is 5.87. The fourth-order valence-corrected chi connectivity index (χ4v) is 2.82. The van der Waals surface area contributed by atoms with Crippen molar-refractivity contribution in [1.29, 1.82) is 0 Å². The van der Waals surface area contributed by atoms with Crippen LogP contribution in [0.1, 0.15) is 4.88 Å². The minimum absolute atomic E-state index is 0.551. The van der Waals surface area contributed by atoms with Crippen molar-refractivity contribution in [2.75, 3.05) is 5.73 Å². The molecule has 3 aromatic rings. The molecule has 0 spiro atoms. The zero-order valence-electron chi connectivity index (χ0n) is 8.80. The monoisotopic (exact) mass is 356 g/mol. The van der Waals surface area contributed by atoms with Crippen LogP contribution in [-0.2, 0) is 6.54 Å². The van der Waals surface area contributed by atoms with E-state index < -0.39 is 0 Å². The first-order valence-corrected chi connectivity index (χ1v) is 6.98. The van der Waals surface area contributed by atoms with Crippen molar-refractivity contribution in [2.45, 2.75) is 6.54 Å². The van der Waals surface area contributed by atoms with Gasteiger partial charge in [-0.05, 0) is 40.8 Å². The van der Waals surface area contributed by atoms with Crippen molar-refractivity contribution in [3.05, 3.63) is 38.4 Å². The number of halogens is 1. The van der Waals surface area contributed by atoms with Gasteiger partial charge in [0, 0.05) is 14.6 Å². The van der Waals surface area contributed by atoms with Gasteiger partial charge in [-0.3, -0.25) is 4.98 Å². The summed E-state index contributed by atoms with van der Waals surface area (Å²) >= 11 is 3.90. The predicted octanol–water partition coefficient (Wildman–Crippen LogP) is 2.73. The smallest absolute Gasteiger partial charge is 0.201 e. The quantitative estimate of drug-likeness (QED) is 0.719. The molecule has 0 aliphatic rings. The standard InChI is InChI=1S/C11H9IN4S/c12-7-1-2-10-9(3-7)15-11(13)16(10)5-8-4-14-6-17-8/h1-4,6H,5H2,(H2,13,15). The third kappa shape index (κ3) is 2.02. The normalized spacial score (nSPS) is 11.1. The van der Waals surface area contributed by atoms with Crippen LogP contribution in [0, 0.1) is 3.57 Å². The number of rotatable bonds is 2. The molecule has 0 fully saturated rings. The Balaban J connectivity index is 2.12. The van der Waals surface area contributed by atoms with Crippen LogP contribution in [-0.4, -0.2) is 14.5 Å². The molecule has 2 aromatic heterocycles. The summed E-state index contributed by atoms with van der Waals surface area (Å²) in [6, 6.07) is 6.16. The summed E-state index contributed by atoms with van der Waals surface area (Å²) in [6.07, 6.45) is 1.86. The Bertz CT molecular complexity index is 659. The molecule has 0 saturated carbocycles. The van der Waals surface area contributed by atoms with E-state index in [1.165, 1.54) is 4.88 Å². The van der Waals surface area contributed by atoms with E-state index in [1.54, 1.807) is 11.3 Å². The zero-order chi connectivity index (χ0) is 11.8. The molecule has 2 heterocycles. The van der Waals surface area contributed by atoms with Crippen LogP contribution in [0.4, 0.5) is 5.95 Å². The molecule has 3 rings (SSSR count). The van der Waals surface area contributed by atoms with Crippen LogP contribution >= 0.6 is 33.9 Å². The third-order valence-electron chi connectivity index (χ3n) is 2.54. The highest BCUT2D eigenvalue weighted by Crippen LogP contribution is 2.22. The average molecular weight is 356 g/mol. The molecule has 0 unspecified atom stereocenters. The molecule has 0 bridgehead atoms. The number of fused-ring (bicyclic) bond motifs is 1. The second kappa shape index (κ2) is 4.26. The molecular weight excluding hydrogens is 347 g/mol. The number of aromatic nitrogens is 3. The highest BCUT2D eigenvalue weighted by atomic mass is 127. The van der Waals surface area contributed by atoms with Gasteiger partial charge in [-0.25, -0.2) is 4.98 Å². The Morgan fingerprint density at radius 1 is 1.41 bits per heavy atom. The first-order valence-electron chi connectivity index (χ1n) is 5.02. The lowest BCUT2D eigenvalue weighted by Crippen LogP contribution is -2.03. The number of imidazole rings is 1. The second-order valence-electron chi connectivity index (χ2n) is 3.66. The van der Waals surface area contributed by atoms with E-state index in [-0.39, 0.29) is 0 Å². The highest BCUT2D eigenvalue weighted by Gasteiger charge is 2.09. The maximum absolute atomic E-state index is 5.95. The third-order valence-corrected chi connectivity index (χ3v) is 3.97. The minimum Gasteiger partial charge on any atom is -0.369 e. The summed E-state index contributed by atoms with van der Waals surface area (Å²) < 4.78 is 3.18. The summed E-state index contributed by atoms with van der Waals surface area (Å²) in [7, 11) is 0. The summed E-state index contributed by atoms with van der Waals surface area (Å²) in [4.78, 5) is 9.62. The molecule has 86 valence electrons. The maximum atomic E-state index is 5.95. The van der Waals surface area contributed by atoms with E-state index in [0.717, 1.165) is 21.1 Å². The predicted molar refractivity (Wildman–Crippen MR) is 78.1 cm³/mol. The van der Waals surface area contributed by atoms with Crippen molar-refractivity contribution >= 4 is 50.9 Å². The van der Waals surface area contributed by atoms with Crippen molar-refractivity contribution in [1.82, 2.24) is 14.5 Å². The van der Waals surface area contributed by atoms with E-state index in [1.807, 2.05) is 22.3 Å². The van der Waals surface area contributed by atoms with Gasteiger partial charge in [-0.15, -0.1) is 11.3 Å². The molecule has 2 N–H and O–H groups in total. The van der Waals surface area contributed by atoms with Gasteiger partial charge in [0.05, 0.1) is 23.1 Å². The molecule has 0 atom stereocenters. The van der Waals surface area contributed by atoms with Crippen LogP contribution < -0.4 is 5.73 Å². The summed E-state index contributed by atoms with van der Waals surface area (Å²) in [5, 5.41) is 0. The van der Waals surface area contributed by atoms with E-state index >= 15 is 0 Å². The van der Waals surface area contributed by atoms with Gasteiger partial charge in [0.2, 0.25) is 5.95 Å². The van der Waals surface area contributed by atoms with Crippen molar-refractivity contribution in [3.63, 3.8) is 0 Å². The first-order chi connectivity index (χ1) is 8.24. The lowest BCUT2D eigenvalue weighted by atomic mass is 10.3. The molecule has 6 heteroatoms. The fraction of sp³-hybridized carbons (Fsp3) is 0.0909. The van der Waals surface area contributed by atoms with Crippen molar-refractivity contribution in [3.8, 4) is 0 Å². The molecule has 17 heavy (non-hydrogen) atoms. The minimum atomic E-state index is 0.551. The van der Waals surface area contributed by atoms with E-state index in [2.05, 4.69) is 44.7 Å². The number of hydrogen-bond donors (Lipinski definition) is 1. The molecule has 0 aliphatic carbocycles. The van der Waals surface area contributed by atoms with E-state index in [4.69, 9.17) is 5.73 Å². The molecular formula is C11H9IN4S. The lowest BCUT2D eigenvalue weighted by molar-refractivity contribution is 0.850. The SMILES string of the molecule is Nc1nc2cc(I)ccc2n1Cc1cncs1. The number of hydrogen-bond acceptors (Lipinski definition) is 4. The molecule has 0 aliphatic heterocycles. The zero-order valence-corrected chi connectivity index (χ0v) is 11.8. The number of nitrogens with two attached hydrogens (primary N) is 1. The Morgan fingerprint density at radius 2 is 2.29 bits per heavy atom. The molecule has 0 saturated heterocycles. The van der Waals surface area contributed by atoms with Gasteiger partial charge in [0.25, 0.3) is 0 Å². The Kier molecular flexibility index (Phi) is 2.75. The largest absolute Gasteiger partial charge is 0.369 e. The number of anilines is 1. The Labute approximate surface area is 116 Å². The van der Waals surface area contributed by atoms with Gasteiger partial charge in [0.1, 0.15) is 0 Å². The van der Waals surface area contributed by atoms with Crippen LogP contribution in [0.5, 0.6) is 0 Å². The van der Waals surface area contributed by atoms with Gasteiger partial charge in [-0.2, -0.15) is 0 Å². The number of nitrogens with zero attached hydrogens (tertiary/aromatic N) is 3. The van der Waals surface area contributed by atoms with Crippen molar-refractivity contribution in [2.24, 2.45) is 0 Å². The van der Waals surface area contributed by atoms with Gasteiger partial charge in [0.15, 0.2) is 0 Å². The summed E-state index contributed by atoms with van der Waals surface area (Å²) in [5.41, 5.74) is 9.79. The van der Waals surface area contributed by atoms with Gasteiger partial charge >= 0.3 is 0 Å². The van der Waals surface area contributed by atoms with Crippen LogP contribution in [0.2, 0.25) is 0 Å². The summed E-state index contributed by atoms with van der Waals surface area (Å²) in [6.45, 7) is 0.730. The molecule has 0 radical (unpaired) electrons. The van der Waals surface area contributed by atoms with E-state index in [9.17, 15) is 0 Å². The van der Waals surface area contributed by atoms with Crippen LogP contribution in [0.3, 0.4) is 0 Å². The molecule has 1 aromatic carbocycles. The molecule has 0 amide bonds. The Hall–Kier alpha value is -1.15. The summed E-state index contributed by atoms with van der Waals surface area (Å²) in [5.74, 6) is 0.551. The van der Waals surface area contributed by atoms with Crippen molar-refractivity contribution < 1.29 is 0 Å².